The van der Waals surface area contributed by atoms with Gasteiger partial charge in [0.2, 0.25) is 0 Å². The Hall–Kier alpha value is -0.813. The van der Waals surface area contributed by atoms with Crippen LogP contribution in [0.3, 0.4) is 0 Å². The number of carboxylic acid groups (broad SMARTS) is 1. The molecule has 18 heavy (non-hydrogen) atoms. The van der Waals surface area contributed by atoms with E-state index in [1.165, 1.54) is 6.20 Å². The predicted octanol–water partition coefficient (Wildman–Crippen LogP) is -0.947. The fourth-order valence-electron chi connectivity index (χ4n) is 1.57. The SMILES string of the molecule is Cc1nc(S(=O)(=O)N2CC(C(=O)O)C2)cn1C.[Li]. The third-order valence-corrected chi connectivity index (χ3v) is 4.59. The average Bonchev–Trinajstić information content (AvgIpc) is 2.43. The predicted molar refractivity (Wildman–Crippen MR) is 63.6 cm³/mol. The molecule has 0 saturated carbocycles. The van der Waals surface area contributed by atoms with Gasteiger partial charge in [-0.3, -0.25) is 4.79 Å². The summed E-state index contributed by atoms with van der Waals surface area (Å²) in [5, 5.41) is 8.67. The molecule has 7 nitrogen and oxygen atoms in total. The molecule has 0 amide bonds. The molecule has 0 atom stereocenters. The zero-order chi connectivity index (χ0) is 12.8. The zero-order valence-corrected chi connectivity index (χ0v) is 11.3. The number of carbonyl (C=O) groups is 1. The van der Waals surface area contributed by atoms with Crippen LogP contribution in [0.5, 0.6) is 0 Å². The van der Waals surface area contributed by atoms with Gasteiger partial charge >= 0.3 is 5.97 Å². The van der Waals surface area contributed by atoms with Crippen molar-refractivity contribution >= 4 is 34.9 Å². The van der Waals surface area contributed by atoms with Gasteiger partial charge in [0.05, 0.1) is 5.92 Å². The van der Waals surface area contributed by atoms with Crippen LogP contribution in [0.25, 0.3) is 0 Å². The fraction of sp³-hybridized carbons (Fsp3) is 0.556. The van der Waals surface area contributed by atoms with Crippen molar-refractivity contribution in [1.82, 2.24) is 13.9 Å². The van der Waals surface area contributed by atoms with Crippen LogP contribution < -0.4 is 0 Å². The van der Waals surface area contributed by atoms with Gasteiger partial charge in [0.1, 0.15) is 5.82 Å². The molecule has 2 rings (SSSR count). The summed E-state index contributed by atoms with van der Waals surface area (Å²) < 4.78 is 26.8. The first-order valence-corrected chi connectivity index (χ1v) is 6.49. The van der Waals surface area contributed by atoms with Gasteiger partial charge in [-0.05, 0) is 6.92 Å². The van der Waals surface area contributed by atoms with E-state index in [-0.39, 0.29) is 37.0 Å². The number of aromatic nitrogens is 2. The molecule has 9 heteroatoms. The summed E-state index contributed by atoms with van der Waals surface area (Å²) in [6, 6.07) is 0. The maximum absolute atomic E-state index is 12.0. The van der Waals surface area contributed by atoms with Gasteiger partial charge in [-0.25, -0.2) is 13.4 Å². The van der Waals surface area contributed by atoms with E-state index in [4.69, 9.17) is 5.11 Å². The van der Waals surface area contributed by atoms with Crippen LogP contribution >= 0.6 is 0 Å². The van der Waals surface area contributed by atoms with Crippen LogP contribution in [-0.2, 0) is 21.9 Å². The topological polar surface area (TPSA) is 92.5 Å². The Kier molecular flexibility index (Phi) is 4.28. The Labute approximate surface area is 117 Å². The van der Waals surface area contributed by atoms with Crippen molar-refractivity contribution in [3.63, 3.8) is 0 Å². The second-order valence-electron chi connectivity index (χ2n) is 4.09. The molecule has 1 radical (unpaired) electrons. The normalized spacial score (nSPS) is 17.0. The maximum atomic E-state index is 12.0. The van der Waals surface area contributed by atoms with Crippen LogP contribution in [-0.4, -0.2) is 65.3 Å². The Morgan fingerprint density at radius 1 is 1.50 bits per heavy atom. The minimum Gasteiger partial charge on any atom is -0.481 e. The fourth-order valence-corrected chi connectivity index (χ4v) is 3.13. The molecule has 0 unspecified atom stereocenters. The molecule has 2 heterocycles. The van der Waals surface area contributed by atoms with E-state index < -0.39 is 21.9 Å². The molecular formula is C9H13LiN3O4S. The molecular weight excluding hydrogens is 253 g/mol. The molecule has 0 aromatic carbocycles. The number of aryl methyl sites for hydroxylation is 2. The molecule has 0 bridgehead atoms. The number of imidazole rings is 1. The molecule has 1 N–H and O–H groups in total. The Bertz CT molecular complexity index is 543. The Morgan fingerprint density at radius 2 is 2.06 bits per heavy atom. The van der Waals surface area contributed by atoms with Crippen LogP contribution in [0.15, 0.2) is 11.2 Å². The second kappa shape index (κ2) is 5.05. The quantitative estimate of drug-likeness (QED) is 0.712. The van der Waals surface area contributed by atoms with Gasteiger partial charge in [-0.1, -0.05) is 0 Å². The molecule has 95 valence electrons. The third-order valence-electron chi connectivity index (χ3n) is 2.89. The van der Waals surface area contributed by atoms with E-state index in [1.54, 1.807) is 18.5 Å². The van der Waals surface area contributed by atoms with Crippen LogP contribution in [0.2, 0.25) is 0 Å². The van der Waals surface area contributed by atoms with Crippen molar-refractivity contribution < 1.29 is 18.3 Å². The summed E-state index contributed by atoms with van der Waals surface area (Å²) in [5.74, 6) is -0.970. The van der Waals surface area contributed by atoms with Gasteiger partial charge in [0.15, 0.2) is 5.03 Å². The molecule has 1 saturated heterocycles. The van der Waals surface area contributed by atoms with Gasteiger partial charge in [0.25, 0.3) is 10.0 Å². The molecule has 1 aliphatic heterocycles. The van der Waals surface area contributed by atoms with E-state index >= 15 is 0 Å². The molecule has 1 aliphatic rings. The number of aliphatic carboxylic acids is 1. The van der Waals surface area contributed by atoms with Crippen LogP contribution in [0.1, 0.15) is 5.82 Å². The Balaban J connectivity index is 0.00000162. The smallest absolute Gasteiger partial charge is 0.309 e. The average molecular weight is 266 g/mol. The number of rotatable bonds is 3. The molecule has 1 aromatic rings. The largest absolute Gasteiger partial charge is 0.481 e. The maximum Gasteiger partial charge on any atom is 0.309 e. The van der Waals surface area contributed by atoms with Crippen molar-refractivity contribution in [2.24, 2.45) is 13.0 Å². The first-order chi connectivity index (χ1) is 7.82. The number of hydrogen-bond donors (Lipinski definition) is 1. The monoisotopic (exact) mass is 266 g/mol. The van der Waals surface area contributed by atoms with E-state index in [0.717, 1.165) is 4.31 Å². The first kappa shape index (κ1) is 15.2. The van der Waals surface area contributed by atoms with E-state index in [9.17, 15) is 13.2 Å². The number of sulfonamides is 1. The first-order valence-electron chi connectivity index (χ1n) is 5.05. The van der Waals surface area contributed by atoms with E-state index in [2.05, 4.69) is 4.98 Å². The van der Waals surface area contributed by atoms with Gasteiger partial charge in [-0.15, -0.1) is 0 Å². The number of nitrogens with zero attached hydrogens (tertiary/aromatic N) is 3. The Morgan fingerprint density at radius 3 is 2.44 bits per heavy atom. The summed E-state index contributed by atoms with van der Waals surface area (Å²) in [6.07, 6.45) is 1.43. The van der Waals surface area contributed by atoms with Crippen molar-refractivity contribution in [3.05, 3.63) is 12.0 Å². The van der Waals surface area contributed by atoms with E-state index in [1.807, 2.05) is 0 Å². The number of hydrogen-bond acceptors (Lipinski definition) is 4. The summed E-state index contributed by atoms with van der Waals surface area (Å²) in [6.45, 7) is 1.75. The molecule has 0 aliphatic carbocycles. The van der Waals surface area contributed by atoms with Crippen LogP contribution in [0, 0.1) is 12.8 Å². The van der Waals surface area contributed by atoms with E-state index in [0.29, 0.717) is 5.82 Å². The van der Waals surface area contributed by atoms with Crippen molar-refractivity contribution in [2.75, 3.05) is 13.1 Å². The van der Waals surface area contributed by atoms with Crippen LogP contribution in [0.4, 0.5) is 0 Å². The van der Waals surface area contributed by atoms with Gasteiger partial charge < -0.3 is 9.67 Å². The minimum atomic E-state index is -3.63. The van der Waals surface area contributed by atoms with Gasteiger partial charge in [-0.2, -0.15) is 4.31 Å². The molecule has 1 fully saturated rings. The summed E-state index contributed by atoms with van der Waals surface area (Å²) in [7, 11) is -1.93. The zero-order valence-electron chi connectivity index (χ0n) is 10.5. The van der Waals surface area contributed by atoms with Gasteiger partial charge in [0, 0.05) is 45.2 Å². The summed E-state index contributed by atoms with van der Waals surface area (Å²) >= 11 is 0. The summed E-state index contributed by atoms with van der Waals surface area (Å²) in [5.41, 5.74) is 0. The van der Waals surface area contributed by atoms with Crippen molar-refractivity contribution in [1.29, 1.82) is 0 Å². The molecule has 1 aromatic heterocycles. The second-order valence-corrected chi connectivity index (χ2v) is 5.98. The third kappa shape index (κ3) is 2.47. The number of carboxylic acids is 1. The van der Waals surface area contributed by atoms with Crippen molar-refractivity contribution in [2.45, 2.75) is 11.9 Å². The standard InChI is InChI=1S/C9H13N3O4S.Li/c1-6-10-8(5-11(6)2)17(15,16)12-3-7(4-12)9(13)14;/h5,7H,3-4H2,1-2H3,(H,13,14);. The molecule has 0 spiro atoms. The van der Waals surface area contributed by atoms with Crippen molar-refractivity contribution in [3.8, 4) is 0 Å². The minimum absolute atomic E-state index is 0. The summed E-state index contributed by atoms with van der Waals surface area (Å²) in [4.78, 5) is 14.5.